The molecule has 0 atom stereocenters. The Labute approximate surface area is 108 Å². The Hall–Kier alpha value is -2.07. The minimum absolute atomic E-state index is 0.116. The van der Waals surface area contributed by atoms with Gasteiger partial charge in [0.2, 0.25) is 0 Å². The number of nitrogen functional groups attached to an aromatic ring is 1. The summed E-state index contributed by atoms with van der Waals surface area (Å²) in [5.74, 6) is -1.22. The van der Waals surface area contributed by atoms with Gasteiger partial charge >= 0.3 is 0 Å². The van der Waals surface area contributed by atoms with E-state index in [2.05, 4.69) is 5.32 Å². The van der Waals surface area contributed by atoms with Gasteiger partial charge in [-0.25, -0.2) is 4.39 Å². The zero-order valence-corrected chi connectivity index (χ0v) is 10.0. The van der Waals surface area contributed by atoms with Crippen molar-refractivity contribution in [3.63, 3.8) is 0 Å². The predicted molar refractivity (Wildman–Crippen MR) is 70.2 cm³/mol. The van der Waals surface area contributed by atoms with E-state index in [1.165, 1.54) is 12.1 Å². The van der Waals surface area contributed by atoms with Crippen LogP contribution in [-0.4, -0.2) is 5.91 Å². The van der Waals surface area contributed by atoms with E-state index in [0.29, 0.717) is 16.4 Å². The molecule has 0 aliphatic heterocycles. The summed E-state index contributed by atoms with van der Waals surface area (Å²) in [5, 5.41) is 2.91. The standard InChI is InChI=1S/C13H10ClFN2O/c14-10-3-1-2-4-12(10)17-13(18)9-7-8(16)5-6-11(9)15/h1-7H,16H2,(H,17,18). The summed E-state index contributed by atoms with van der Waals surface area (Å²) in [4.78, 5) is 11.9. The Bertz CT molecular complexity index is 601. The van der Waals surface area contributed by atoms with Gasteiger partial charge < -0.3 is 11.1 Å². The molecule has 3 N–H and O–H groups in total. The van der Waals surface area contributed by atoms with Crippen LogP contribution >= 0.6 is 11.6 Å². The zero-order chi connectivity index (χ0) is 13.1. The zero-order valence-electron chi connectivity index (χ0n) is 9.28. The maximum Gasteiger partial charge on any atom is 0.258 e. The Morgan fingerprint density at radius 2 is 1.94 bits per heavy atom. The van der Waals surface area contributed by atoms with Gasteiger partial charge in [0, 0.05) is 5.69 Å². The molecule has 0 fully saturated rings. The number of carbonyl (C=O) groups is 1. The van der Waals surface area contributed by atoms with Crippen molar-refractivity contribution in [2.75, 3.05) is 11.1 Å². The van der Waals surface area contributed by atoms with Gasteiger partial charge in [-0.05, 0) is 30.3 Å². The van der Waals surface area contributed by atoms with Gasteiger partial charge in [0.1, 0.15) is 5.82 Å². The average molecular weight is 265 g/mol. The fourth-order valence-electron chi connectivity index (χ4n) is 1.47. The van der Waals surface area contributed by atoms with E-state index in [1.54, 1.807) is 24.3 Å². The highest BCUT2D eigenvalue weighted by atomic mass is 35.5. The molecule has 0 saturated carbocycles. The topological polar surface area (TPSA) is 55.1 Å². The maximum atomic E-state index is 13.5. The number of carbonyl (C=O) groups excluding carboxylic acids is 1. The summed E-state index contributed by atoms with van der Waals surface area (Å²) in [5.41, 5.74) is 6.14. The number of benzene rings is 2. The summed E-state index contributed by atoms with van der Waals surface area (Å²) in [6.07, 6.45) is 0. The van der Waals surface area contributed by atoms with Gasteiger partial charge in [0.15, 0.2) is 0 Å². The summed E-state index contributed by atoms with van der Waals surface area (Å²) in [7, 11) is 0. The number of hydrogen-bond acceptors (Lipinski definition) is 2. The molecule has 0 spiro atoms. The van der Waals surface area contributed by atoms with Crippen molar-refractivity contribution in [2.45, 2.75) is 0 Å². The van der Waals surface area contributed by atoms with Gasteiger partial charge in [0.25, 0.3) is 5.91 Å². The van der Waals surface area contributed by atoms with Crippen LogP contribution < -0.4 is 11.1 Å². The lowest BCUT2D eigenvalue weighted by molar-refractivity contribution is 0.102. The van der Waals surface area contributed by atoms with Crippen LogP contribution in [0, 0.1) is 5.82 Å². The molecule has 18 heavy (non-hydrogen) atoms. The van der Waals surface area contributed by atoms with Crippen molar-refractivity contribution in [1.29, 1.82) is 0 Å². The van der Waals surface area contributed by atoms with E-state index >= 15 is 0 Å². The lowest BCUT2D eigenvalue weighted by Gasteiger charge is -2.08. The predicted octanol–water partition coefficient (Wildman–Crippen LogP) is 3.31. The lowest BCUT2D eigenvalue weighted by Crippen LogP contribution is -2.14. The molecule has 0 saturated heterocycles. The van der Waals surface area contributed by atoms with Crippen LogP contribution in [0.15, 0.2) is 42.5 Å². The molecule has 0 radical (unpaired) electrons. The van der Waals surface area contributed by atoms with Gasteiger partial charge in [-0.3, -0.25) is 4.79 Å². The van der Waals surface area contributed by atoms with Crippen LogP contribution in [0.3, 0.4) is 0 Å². The number of hydrogen-bond donors (Lipinski definition) is 2. The van der Waals surface area contributed by atoms with Crippen molar-refractivity contribution in [1.82, 2.24) is 0 Å². The number of amides is 1. The van der Waals surface area contributed by atoms with E-state index in [0.717, 1.165) is 6.07 Å². The quantitative estimate of drug-likeness (QED) is 0.818. The van der Waals surface area contributed by atoms with Gasteiger partial charge in [-0.2, -0.15) is 0 Å². The number of nitrogens with two attached hydrogens (primary N) is 1. The molecule has 0 aliphatic rings. The molecule has 3 nitrogen and oxygen atoms in total. The lowest BCUT2D eigenvalue weighted by atomic mass is 10.1. The average Bonchev–Trinajstić information content (AvgIpc) is 2.35. The highest BCUT2D eigenvalue weighted by Gasteiger charge is 2.13. The first kappa shape index (κ1) is 12.4. The summed E-state index contributed by atoms with van der Waals surface area (Å²) >= 11 is 5.89. The number of para-hydroxylation sites is 1. The van der Waals surface area contributed by atoms with Gasteiger partial charge in [-0.15, -0.1) is 0 Å². The molecular formula is C13H10ClFN2O. The van der Waals surface area contributed by atoms with Gasteiger partial charge in [-0.1, -0.05) is 23.7 Å². The van der Waals surface area contributed by atoms with Crippen LogP contribution in [0.2, 0.25) is 5.02 Å². The van der Waals surface area contributed by atoms with Crippen molar-refractivity contribution in [2.24, 2.45) is 0 Å². The SMILES string of the molecule is Nc1ccc(F)c(C(=O)Nc2ccccc2Cl)c1. The fourth-order valence-corrected chi connectivity index (χ4v) is 1.65. The fraction of sp³-hybridized carbons (Fsp3) is 0. The van der Waals surface area contributed by atoms with Crippen LogP contribution in [0.1, 0.15) is 10.4 Å². The van der Waals surface area contributed by atoms with Crippen molar-refractivity contribution in [3.05, 3.63) is 58.9 Å². The Morgan fingerprint density at radius 3 is 2.67 bits per heavy atom. The van der Waals surface area contributed by atoms with Gasteiger partial charge in [0.05, 0.1) is 16.3 Å². The van der Waals surface area contributed by atoms with Crippen LogP contribution in [0.25, 0.3) is 0 Å². The number of halogens is 2. The van der Waals surface area contributed by atoms with E-state index in [-0.39, 0.29) is 5.56 Å². The first-order chi connectivity index (χ1) is 8.58. The third-order valence-corrected chi connectivity index (χ3v) is 2.69. The molecule has 1 amide bonds. The molecule has 0 heterocycles. The highest BCUT2D eigenvalue weighted by molar-refractivity contribution is 6.33. The maximum absolute atomic E-state index is 13.5. The Kier molecular flexibility index (Phi) is 3.48. The van der Waals surface area contributed by atoms with Crippen molar-refractivity contribution in [3.8, 4) is 0 Å². The van der Waals surface area contributed by atoms with E-state index in [1.807, 2.05) is 0 Å². The monoisotopic (exact) mass is 264 g/mol. The highest BCUT2D eigenvalue weighted by Crippen LogP contribution is 2.22. The third-order valence-electron chi connectivity index (χ3n) is 2.36. The molecule has 5 heteroatoms. The summed E-state index contributed by atoms with van der Waals surface area (Å²) in [6.45, 7) is 0. The normalized spacial score (nSPS) is 10.1. The third kappa shape index (κ3) is 2.60. The summed E-state index contributed by atoms with van der Waals surface area (Å²) in [6, 6.07) is 10.5. The van der Waals surface area contributed by atoms with Crippen LogP contribution in [0.4, 0.5) is 15.8 Å². The van der Waals surface area contributed by atoms with Crippen molar-refractivity contribution >= 4 is 28.9 Å². The molecular weight excluding hydrogens is 255 g/mol. The summed E-state index contributed by atoms with van der Waals surface area (Å²) < 4.78 is 13.5. The Morgan fingerprint density at radius 1 is 1.22 bits per heavy atom. The number of anilines is 2. The minimum Gasteiger partial charge on any atom is -0.399 e. The first-order valence-corrected chi connectivity index (χ1v) is 5.56. The van der Waals surface area contributed by atoms with Crippen LogP contribution in [0.5, 0.6) is 0 Å². The van der Waals surface area contributed by atoms with E-state index in [9.17, 15) is 9.18 Å². The van der Waals surface area contributed by atoms with Crippen molar-refractivity contribution < 1.29 is 9.18 Å². The van der Waals surface area contributed by atoms with E-state index < -0.39 is 11.7 Å². The molecule has 0 aliphatic carbocycles. The second kappa shape index (κ2) is 5.06. The second-order valence-electron chi connectivity index (χ2n) is 3.67. The number of nitrogens with one attached hydrogen (secondary N) is 1. The number of rotatable bonds is 2. The molecule has 2 aromatic rings. The van der Waals surface area contributed by atoms with E-state index in [4.69, 9.17) is 17.3 Å². The first-order valence-electron chi connectivity index (χ1n) is 5.19. The Balaban J connectivity index is 2.28. The molecule has 0 bridgehead atoms. The second-order valence-corrected chi connectivity index (χ2v) is 4.08. The molecule has 0 aromatic heterocycles. The molecule has 2 aromatic carbocycles. The molecule has 0 unspecified atom stereocenters. The largest absolute Gasteiger partial charge is 0.399 e. The smallest absolute Gasteiger partial charge is 0.258 e. The van der Waals surface area contributed by atoms with Crippen LogP contribution in [-0.2, 0) is 0 Å². The molecule has 92 valence electrons. The molecule has 2 rings (SSSR count). The minimum atomic E-state index is -0.631.